The van der Waals surface area contributed by atoms with Gasteiger partial charge in [-0.15, -0.1) is 0 Å². The summed E-state index contributed by atoms with van der Waals surface area (Å²) < 4.78 is 19.3. The summed E-state index contributed by atoms with van der Waals surface area (Å²) in [5.41, 5.74) is 8.81. The smallest absolute Gasteiger partial charge is 0.415 e. The molecule has 4 aromatic rings. The highest BCUT2D eigenvalue weighted by Gasteiger charge is 2.58. The third-order valence-corrected chi connectivity index (χ3v) is 19.4. The molecule has 2 aromatic carbocycles. The fraction of sp³-hybridized carbons (Fsp3) is 0.554. The summed E-state index contributed by atoms with van der Waals surface area (Å²) in [6.07, 6.45) is 12.8. The Bertz CT molecular complexity index is 3300. The number of piperazine rings is 1. The van der Waals surface area contributed by atoms with Crippen LogP contribution in [0.3, 0.4) is 0 Å². The van der Waals surface area contributed by atoms with Crippen LogP contribution in [0.2, 0.25) is 0 Å². The molecular formula is C65H81N7O9. The topological polar surface area (TPSA) is 164 Å². The zero-order valence-corrected chi connectivity index (χ0v) is 48.9. The van der Waals surface area contributed by atoms with Crippen molar-refractivity contribution in [1.82, 2.24) is 29.2 Å². The van der Waals surface area contributed by atoms with Gasteiger partial charge in [-0.25, -0.2) is 14.6 Å². The first-order valence-corrected chi connectivity index (χ1v) is 29.8. The predicted octanol–water partition coefficient (Wildman–Crippen LogP) is 9.17. The number of anilines is 1. The van der Waals surface area contributed by atoms with Gasteiger partial charge in [0, 0.05) is 92.3 Å². The molecule has 2 saturated carbocycles. The number of unbranched alkanes of at least 4 members (excludes halogenated alkanes) is 3. The van der Waals surface area contributed by atoms with Gasteiger partial charge in [-0.1, -0.05) is 44.4 Å². The Kier molecular flexibility index (Phi) is 15.8. The Balaban J connectivity index is 0.676. The number of likely N-dealkylation sites (N-methyl/N-ethyl adjacent to an activating group) is 1. The maximum absolute atomic E-state index is 14.2. The number of amides is 1. The number of allylic oxidation sites excluding steroid dienone is 4. The first-order valence-electron chi connectivity index (χ1n) is 29.8. The van der Waals surface area contributed by atoms with Crippen LogP contribution >= 0.6 is 0 Å². The monoisotopic (exact) mass is 1100 g/mol. The van der Waals surface area contributed by atoms with Crippen LogP contribution < -0.4 is 15.2 Å². The standard InChI is InChI=1S/C65H81N7O9/c1-9-65(81-58(75)38-68(6)7)54-34-56-60-43(36-72(56)61(76)51(54)39-79-62(65)77)33-48-50(37-67(4)5)57(25-24-55(48)66-60)80-63(78)71-30-28-70(29-31-71)27-13-11-10-12-26-69(8)44-17-14-41(15-18-44)49-35-64(3)52(40(2)73)22-23-53(64)47-20-16-42-32-45(74)19-21-46(42)59(47)49/h14-15,17-18,24-25,32-34,47,49,52-53H,9-13,16,19-23,26-31,35-39H2,1-8H3/t47?,49-,52?,53?,64?,65+/m1/s1. The number of cyclic esters (lactones) is 1. The van der Waals surface area contributed by atoms with Crippen LogP contribution in [0, 0.1) is 23.2 Å². The molecule has 0 spiro atoms. The molecule has 3 fully saturated rings. The molecule has 11 rings (SSSR count). The molecular weight excluding hydrogens is 1020 g/mol. The Hall–Kier alpha value is -6.49. The number of hydrogen-bond donors (Lipinski definition) is 0. The summed E-state index contributed by atoms with van der Waals surface area (Å²) in [4.78, 5) is 95.4. The van der Waals surface area contributed by atoms with Gasteiger partial charge in [0.1, 0.15) is 18.1 Å². The summed E-state index contributed by atoms with van der Waals surface area (Å²) in [7, 11) is 9.58. The lowest BCUT2D eigenvalue weighted by atomic mass is 9.51. The highest BCUT2D eigenvalue weighted by atomic mass is 16.6. The molecule has 16 nitrogen and oxygen atoms in total. The molecule has 430 valence electrons. The Morgan fingerprint density at radius 3 is 2.36 bits per heavy atom. The van der Waals surface area contributed by atoms with Crippen molar-refractivity contribution in [3.05, 3.63) is 109 Å². The fourth-order valence-electron chi connectivity index (χ4n) is 15.4. The van der Waals surface area contributed by atoms with Crippen molar-refractivity contribution in [2.45, 2.75) is 129 Å². The van der Waals surface area contributed by atoms with E-state index in [0.717, 1.165) is 107 Å². The van der Waals surface area contributed by atoms with Gasteiger partial charge < -0.3 is 33.5 Å². The fourth-order valence-corrected chi connectivity index (χ4v) is 15.4. The largest absolute Gasteiger partial charge is 0.457 e. The maximum atomic E-state index is 14.2. The van der Waals surface area contributed by atoms with E-state index in [1.807, 2.05) is 44.1 Å². The zero-order valence-electron chi connectivity index (χ0n) is 48.9. The van der Waals surface area contributed by atoms with Gasteiger partial charge in [0.25, 0.3) is 5.56 Å². The molecule has 0 N–H and O–H groups in total. The van der Waals surface area contributed by atoms with Gasteiger partial charge in [0.15, 0.2) is 5.78 Å². The Labute approximate surface area is 476 Å². The van der Waals surface area contributed by atoms with Crippen LogP contribution in [0.1, 0.15) is 132 Å². The van der Waals surface area contributed by atoms with Gasteiger partial charge >= 0.3 is 18.0 Å². The molecule has 4 aliphatic carbocycles. The molecule has 81 heavy (non-hydrogen) atoms. The van der Waals surface area contributed by atoms with E-state index in [0.29, 0.717) is 71.9 Å². The average molecular weight is 1100 g/mol. The molecule has 2 aromatic heterocycles. The van der Waals surface area contributed by atoms with E-state index in [-0.39, 0.29) is 66.4 Å². The molecule has 7 aliphatic rings. The number of benzene rings is 2. The molecule has 3 aliphatic heterocycles. The van der Waals surface area contributed by atoms with E-state index in [2.05, 4.69) is 48.0 Å². The molecule has 1 amide bonds. The first-order chi connectivity index (χ1) is 38.9. The SMILES string of the molecule is CC[C@@]1(OC(=O)CN(C)C)C(=O)OCc2c1cc1n(c2=O)Cc2cc3c(CN(C)C)c(OC(=O)N4CCN(CCCCCCN(C)c5ccc([C@H]6CC7(C)C(C(C)=O)CCC7C7CCC8=CC(=O)CCC8=C76)cc5)CC4)ccc3nc2-1. The second kappa shape index (κ2) is 22.7. The van der Waals surface area contributed by atoms with Crippen molar-refractivity contribution in [1.29, 1.82) is 0 Å². The van der Waals surface area contributed by atoms with Gasteiger partial charge in [-0.2, -0.15) is 0 Å². The molecule has 0 radical (unpaired) electrons. The number of rotatable bonds is 17. The van der Waals surface area contributed by atoms with Gasteiger partial charge in [0.2, 0.25) is 5.60 Å². The summed E-state index contributed by atoms with van der Waals surface area (Å²) in [5.74, 6) is 1.19. The average Bonchev–Trinajstić information content (AvgIpc) is 2.86. The van der Waals surface area contributed by atoms with Crippen LogP contribution in [0.4, 0.5) is 10.5 Å². The van der Waals surface area contributed by atoms with E-state index >= 15 is 0 Å². The van der Waals surface area contributed by atoms with Crippen LogP contribution in [-0.2, 0) is 53.9 Å². The lowest BCUT2D eigenvalue weighted by Crippen LogP contribution is -2.49. The van der Waals surface area contributed by atoms with E-state index < -0.39 is 17.5 Å². The molecule has 6 atom stereocenters. The van der Waals surface area contributed by atoms with Gasteiger partial charge in [0.05, 0.1) is 35.6 Å². The number of carbonyl (C=O) groups is 5. The summed E-state index contributed by atoms with van der Waals surface area (Å²) in [6.45, 7) is 11.1. The van der Waals surface area contributed by atoms with E-state index in [9.17, 15) is 28.8 Å². The van der Waals surface area contributed by atoms with E-state index in [4.69, 9.17) is 19.2 Å². The maximum Gasteiger partial charge on any atom is 0.415 e. The van der Waals surface area contributed by atoms with Crippen LogP contribution in [0.15, 0.2) is 76.1 Å². The number of Topliss-reactive ketones (excluding diaryl/α,β-unsaturated/α-hetero) is 1. The first kappa shape index (κ1) is 56.4. The normalized spacial score (nSPS) is 25.0. The number of carbonyl (C=O) groups excluding carboxylic acids is 5. The van der Waals surface area contributed by atoms with Crippen molar-refractivity contribution < 1.29 is 38.2 Å². The van der Waals surface area contributed by atoms with Crippen molar-refractivity contribution in [3.8, 4) is 17.1 Å². The minimum absolute atomic E-state index is 0.000214. The van der Waals surface area contributed by atoms with Gasteiger partial charge in [-0.3, -0.25) is 29.0 Å². The van der Waals surface area contributed by atoms with E-state index in [1.165, 1.54) is 22.4 Å². The summed E-state index contributed by atoms with van der Waals surface area (Å²) in [6, 6.07) is 16.7. The quantitative estimate of drug-likeness (QED) is 0.0640. The van der Waals surface area contributed by atoms with Crippen molar-refractivity contribution in [3.63, 3.8) is 0 Å². The molecule has 0 bridgehead atoms. The van der Waals surface area contributed by atoms with Crippen LogP contribution in [0.25, 0.3) is 22.3 Å². The lowest BCUT2D eigenvalue weighted by molar-refractivity contribution is -0.189. The lowest BCUT2D eigenvalue weighted by Gasteiger charge is -2.52. The predicted molar refractivity (Wildman–Crippen MR) is 311 cm³/mol. The highest BCUT2D eigenvalue weighted by Crippen LogP contribution is 2.66. The minimum Gasteiger partial charge on any atom is -0.457 e. The summed E-state index contributed by atoms with van der Waals surface area (Å²) >= 11 is 0. The number of aromatic nitrogens is 2. The third-order valence-electron chi connectivity index (χ3n) is 19.4. The van der Waals surface area contributed by atoms with Crippen molar-refractivity contribution in [2.24, 2.45) is 23.2 Å². The molecule has 1 saturated heterocycles. The zero-order chi connectivity index (χ0) is 57.1. The number of ketones is 2. The van der Waals surface area contributed by atoms with Crippen LogP contribution in [0.5, 0.6) is 5.75 Å². The number of esters is 2. The minimum atomic E-state index is -1.77. The third kappa shape index (κ3) is 10.6. The molecule has 5 heterocycles. The van der Waals surface area contributed by atoms with Gasteiger partial charge in [-0.05, 0) is 176 Å². The highest BCUT2D eigenvalue weighted by molar-refractivity contribution is 5.93. The number of nitrogens with zero attached hydrogens (tertiary/aromatic N) is 7. The Morgan fingerprint density at radius 1 is 0.864 bits per heavy atom. The van der Waals surface area contributed by atoms with Crippen molar-refractivity contribution in [2.75, 3.05) is 86.0 Å². The number of hydrogen-bond acceptors (Lipinski definition) is 14. The van der Waals surface area contributed by atoms with Crippen LogP contribution in [-0.4, -0.2) is 140 Å². The summed E-state index contributed by atoms with van der Waals surface area (Å²) in [5, 5.41) is 0.812. The molecule has 16 heteroatoms. The molecule has 4 unspecified atom stereocenters. The Morgan fingerprint density at radius 2 is 1.63 bits per heavy atom. The van der Waals surface area contributed by atoms with Crippen molar-refractivity contribution >= 4 is 46.2 Å². The number of ether oxygens (including phenoxy) is 3. The second-order valence-electron chi connectivity index (χ2n) is 25.1. The van der Waals surface area contributed by atoms with E-state index in [1.54, 1.807) is 53.1 Å². The number of pyridine rings is 2. The second-order valence-corrected chi connectivity index (χ2v) is 25.1. The number of fused-ring (bicyclic) bond motifs is 9.